The van der Waals surface area contributed by atoms with Gasteiger partial charge in [-0.15, -0.1) is 0 Å². The lowest BCUT2D eigenvalue weighted by molar-refractivity contribution is 1.16. The van der Waals surface area contributed by atoms with Crippen LogP contribution in [0.25, 0.3) is 0 Å². The third kappa shape index (κ3) is 13.2. The van der Waals surface area contributed by atoms with Crippen LogP contribution in [0.1, 0.15) is 0 Å². The molecular weight excluding hydrogens is 353 g/mol. The highest BCUT2D eigenvalue weighted by Crippen LogP contribution is 2.27. The van der Waals surface area contributed by atoms with Crippen LogP contribution >= 0.6 is 95.6 Å². The van der Waals surface area contributed by atoms with Crippen molar-refractivity contribution in [3.63, 3.8) is 0 Å². The van der Waals surface area contributed by atoms with Crippen molar-refractivity contribution in [3.05, 3.63) is 0 Å². The smallest absolute Gasteiger partial charge is 0.0362 e. The highest BCUT2D eigenvalue weighted by molar-refractivity contribution is 8.76. The summed E-state index contributed by atoms with van der Waals surface area (Å²) in [5, 5.41) is 2.71. The molecule has 0 aliphatic carbocycles. The summed E-state index contributed by atoms with van der Waals surface area (Å²) >= 11 is 21.0. The van der Waals surface area contributed by atoms with Gasteiger partial charge in [0.05, 0.1) is 0 Å². The van der Waals surface area contributed by atoms with E-state index in [4.69, 9.17) is 0 Å². The van der Waals surface area contributed by atoms with Crippen molar-refractivity contribution in [3.8, 4) is 0 Å². The zero-order valence-corrected chi connectivity index (χ0v) is 15.7. The molecule has 0 aromatic heterocycles. The fourth-order valence-electron chi connectivity index (χ4n) is 0.727. The van der Waals surface area contributed by atoms with Gasteiger partial charge in [0.1, 0.15) is 0 Å². The summed E-state index contributed by atoms with van der Waals surface area (Å²) in [4.78, 5) is 0. The normalized spacial score (nSPS) is 15.0. The van der Waals surface area contributed by atoms with E-state index in [1.165, 1.54) is 0 Å². The second-order valence-corrected chi connectivity index (χ2v) is 10.4. The standard InChI is InChI=1S/C8H18S8/c9-5-13-1-7(11)3-15-16-4-8(12)2-14-6-10/h7-12H,1-6H2. The maximum Gasteiger partial charge on any atom is 0.0362 e. The van der Waals surface area contributed by atoms with E-state index in [1.54, 1.807) is 0 Å². The zero-order valence-electron chi connectivity index (χ0n) is 8.82. The van der Waals surface area contributed by atoms with Crippen molar-refractivity contribution < 1.29 is 0 Å². The van der Waals surface area contributed by atoms with E-state index in [0.717, 1.165) is 33.2 Å². The second-order valence-electron chi connectivity index (χ2n) is 2.88. The van der Waals surface area contributed by atoms with Crippen molar-refractivity contribution in [1.29, 1.82) is 0 Å². The van der Waals surface area contributed by atoms with Crippen molar-refractivity contribution in [1.82, 2.24) is 0 Å². The minimum absolute atomic E-state index is 0.472. The van der Waals surface area contributed by atoms with Crippen LogP contribution < -0.4 is 0 Å². The Bertz CT molecular complexity index is 128. The molecule has 2 atom stereocenters. The molecule has 0 aromatic rings. The molecule has 0 aliphatic rings. The Balaban J connectivity index is 3.24. The van der Waals surface area contributed by atoms with Crippen molar-refractivity contribution in [2.24, 2.45) is 0 Å². The minimum Gasteiger partial charge on any atom is -0.174 e. The number of rotatable bonds is 11. The Morgan fingerprint density at radius 1 is 0.688 bits per heavy atom. The lowest BCUT2D eigenvalue weighted by Crippen LogP contribution is -2.07. The van der Waals surface area contributed by atoms with Crippen LogP contribution in [0.2, 0.25) is 0 Å². The maximum absolute atomic E-state index is 4.52. The van der Waals surface area contributed by atoms with Gasteiger partial charge in [0.2, 0.25) is 0 Å². The van der Waals surface area contributed by atoms with Crippen LogP contribution in [0.5, 0.6) is 0 Å². The van der Waals surface area contributed by atoms with Crippen molar-refractivity contribution in [2.45, 2.75) is 10.5 Å². The third-order valence-corrected chi connectivity index (χ3v) is 8.42. The van der Waals surface area contributed by atoms with Gasteiger partial charge in [-0.05, 0) is 0 Å². The molecule has 0 aliphatic heterocycles. The van der Waals surface area contributed by atoms with Gasteiger partial charge < -0.3 is 0 Å². The van der Waals surface area contributed by atoms with E-state index < -0.39 is 0 Å². The fraction of sp³-hybridized carbons (Fsp3) is 1.00. The maximum atomic E-state index is 4.52. The van der Waals surface area contributed by atoms with Crippen molar-refractivity contribution in [2.75, 3.05) is 33.2 Å². The molecular formula is C8H18S8. The lowest BCUT2D eigenvalue weighted by Gasteiger charge is -2.11. The molecule has 0 heterocycles. The summed E-state index contributed by atoms with van der Waals surface area (Å²) in [7, 11) is 3.80. The van der Waals surface area contributed by atoms with Gasteiger partial charge in [0.15, 0.2) is 0 Å². The number of thioether (sulfide) groups is 2. The van der Waals surface area contributed by atoms with Gasteiger partial charge in [-0.25, -0.2) is 0 Å². The first-order valence-electron chi connectivity index (χ1n) is 4.68. The molecule has 0 radical (unpaired) electrons. The second kappa shape index (κ2) is 14.2. The van der Waals surface area contributed by atoms with E-state index in [2.05, 4.69) is 50.5 Å². The number of thiol groups is 4. The highest BCUT2D eigenvalue weighted by atomic mass is 33.1. The van der Waals surface area contributed by atoms with Gasteiger partial charge in [0.25, 0.3) is 0 Å². The Labute approximate surface area is 138 Å². The molecule has 0 saturated carbocycles. The zero-order chi connectivity index (χ0) is 12.2. The van der Waals surface area contributed by atoms with Gasteiger partial charge in [-0.3, -0.25) is 0 Å². The SMILES string of the molecule is SCSCC(S)CSSCC(S)CSCS. The molecule has 0 bridgehead atoms. The molecule has 0 spiro atoms. The van der Waals surface area contributed by atoms with Crippen LogP contribution in [0.15, 0.2) is 0 Å². The van der Waals surface area contributed by atoms with Gasteiger partial charge >= 0.3 is 0 Å². The highest BCUT2D eigenvalue weighted by Gasteiger charge is 2.06. The Morgan fingerprint density at radius 2 is 1.06 bits per heavy atom. The number of hydrogen-bond donors (Lipinski definition) is 4. The average Bonchev–Trinajstić information content (AvgIpc) is 2.29. The summed E-state index contributed by atoms with van der Waals surface area (Å²) in [6.45, 7) is 0. The predicted octanol–water partition coefficient (Wildman–Crippen LogP) is 4.21. The summed E-state index contributed by atoms with van der Waals surface area (Å²) in [6.07, 6.45) is 0. The monoisotopic (exact) mass is 370 g/mol. The quantitative estimate of drug-likeness (QED) is 0.186. The molecule has 0 amide bonds. The number of hydrogen-bond acceptors (Lipinski definition) is 8. The van der Waals surface area contributed by atoms with Crippen LogP contribution in [-0.2, 0) is 0 Å². The van der Waals surface area contributed by atoms with E-state index in [1.807, 2.05) is 45.1 Å². The van der Waals surface area contributed by atoms with E-state index in [-0.39, 0.29) is 0 Å². The lowest BCUT2D eigenvalue weighted by atomic mass is 10.5. The summed E-state index contributed by atoms with van der Waals surface area (Å²) < 4.78 is 0. The molecule has 0 N–H and O–H groups in total. The summed E-state index contributed by atoms with van der Waals surface area (Å²) in [5.41, 5.74) is 0. The topological polar surface area (TPSA) is 0 Å². The van der Waals surface area contributed by atoms with Gasteiger partial charge in [-0.1, -0.05) is 21.6 Å². The fourth-order valence-corrected chi connectivity index (χ4v) is 6.64. The van der Waals surface area contributed by atoms with Crippen LogP contribution in [0, 0.1) is 0 Å². The Morgan fingerprint density at radius 3 is 1.38 bits per heavy atom. The molecule has 16 heavy (non-hydrogen) atoms. The van der Waals surface area contributed by atoms with Crippen LogP contribution in [0.3, 0.4) is 0 Å². The predicted molar refractivity (Wildman–Crippen MR) is 103 cm³/mol. The van der Waals surface area contributed by atoms with E-state index >= 15 is 0 Å². The first-order chi connectivity index (χ1) is 7.70. The molecule has 0 saturated heterocycles. The molecule has 8 heteroatoms. The first kappa shape index (κ1) is 18.8. The first-order valence-corrected chi connectivity index (χ1v) is 11.8. The average molecular weight is 371 g/mol. The molecule has 0 nitrogen and oxygen atoms in total. The van der Waals surface area contributed by atoms with E-state index in [9.17, 15) is 0 Å². The summed E-state index contributed by atoms with van der Waals surface area (Å²) in [5.74, 6) is 4.35. The Kier molecular flexibility index (Phi) is 16.7. The van der Waals surface area contributed by atoms with Crippen LogP contribution in [0.4, 0.5) is 0 Å². The third-order valence-electron chi connectivity index (χ3n) is 1.41. The van der Waals surface area contributed by atoms with Gasteiger partial charge in [0, 0.05) is 43.7 Å². The van der Waals surface area contributed by atoms with E-state index in [0.29, 0.717) is 10.5 Å². The minimum atomic E-state index is 0.472. The Hall–Kier alpha value is 2.80. The van der Waals surface area contributed by atoms with Gasteiger partial charge in [-0.2, -0.15) is 74.0 Å². The molecule has 0 fully saturated rings. The molecule has 98 valence electrons. The summed E-state index contributed by atoms with van der Waals surface area (Å²) in [6, 6.07) is 0. The van der Waals surface area contributed by atoms with Crippen molar-refractivity contribution >= 4 is 95.6 Å². The largest absolute Gasteiger partial charge is 0.174 e. The molecule has 2 unspecified atom stereocenters. The molecule has 0 rings (SSSR count). The van der Waals surface area contributed by atoms with Crippen LogP contribution in [-0.4, -0.2) is 43.7 Å². The molecule has 0 aromatic carbocycles.